The van der Waals surface area contributed by atoms with Crippen LogP contribution < -0.4 is 5.56 Å². The highest BCUT2D eigenvalue weighted by Gasteiger charge is 2.37. The van der Waals surface area contributed by atoms with Crippen molar-refractivity contribution in [2.45, 2.75) is 25.0 Å². The topological polar surface area (TPSA) is 51.3 Å². The van der Waals surface area contributed by atoms with E-state index >= 15 is 0 Å². The second kappa shape index (κ2) is 5.04. The van der Waals surface area contributed by atoms with Gasteiger partial charge in [0.05, 0.1) is 18.7 Å². The third kappa shape index (κ3) is 2.17. The first-order chi connectivity index (χ1) is 10.7. The van der Waals surface area contributed by atoms with Crippen LogP contribution in [0.1, 0.15) is 24.8 Å². The van der Waals surface area contributed by atoms with Crippen molar-refractivity contribution in [3.8, 4) is 0 Å². The standard InChI is InChI=1S/C17H16FNO3/c18-14-3-1-2-12-13(10-15(20)19-16(12)14)11-4-6-17(7-5-11)21-8-9-22-17/h1-4,10H,5-9H2,(H,19,20). The molecular formula is C17H16FNO3. The number of fused-ring (bicyclic) bond motifs is 1. The van der Waals surface area contributed by atoms with Gasteiger partial charge in [-0.05, 0) is 23.6 Å². The first-order valence-corrected chi connectivity index (χ1v) is 7.46. The van der Waals surface area contributed by atoms with Gasteiger partial charge in [-0.3, -0.25) is 4.79 Å². The molecule has 2 aromatic rings. The van der Waals surface area contributed by atoms with E-state index in [1.54, 1.807) is 12.1 Å². The molecule has 0 bridgehead atoms. The Kier molecular flexibility index (Phi) is 3.13. The third-order valence-corrected chi connectivity index (χ3v) is 4.42. The summed E-state index contributed by atoms with van der Waals surface area (Å²) in [5, 5.41) is 0.732. The van der Waals surface area contributed by atoms with Crippen LogP contribution in [-0.2, 0) is 9.47 Å². The van der Waals surface area contributed by atoms with E-state index in [-0.39, 0.29) is 11.1 Å². The number of hydrogen-bond donors (Lipinski definition) is 1. The van der Waals surface area contributed by atoms with E-state index in [0.717, 1.165) is 29.4 Å². The van der Waals surface area contributed by atoms with Crippen molar-refractivity contribution in [1.82, 2.24) is 4.98 Å². The van der Waals surface area contributed by atoms with Crippen molar-refractivity contribution >= 4 is 16.5 Å². The average Bonchev–Trinajstić information content (AvgIpc) is 2.97. The molecule has 1 aromatic heterocycles. The molecule has 5 heteroatoms. The van der Waals surface area contributed by atoms with Crippen molar-refractivity contribution in [2.75, 3.05) is 13.2 Å². The maximum atomic E-state index is 13.9. The Bertz CT molecular complexity index is 818. The number of halogens is 1. The predicted octanol–water partition coefficient (Wildman–Crippen LogP) is 2.98. The van der Waals surface area contributed by atoms with E-state index in [9.17, 15) is 9.18 Å². The summed E-state index contributed by atoms with van der Waals surface area (Å²) < 4.78 is 25.3. The molecule has 22 heavy (non-hydrogen) atoms. The number of allylic oxidation sites excluding steroid dienone is 1. The molecule has 1 saturated heterocycles. The van der Waals surface area contributed by atoms with E-state index in [1.807, 2.05) is 12.1 Å². The maximum absolute atomic E-state index is 13.9. The van der Waals surface area contributed by atoms with Gasteiger partial charge in [0.2, 0.25) is 5.56 Å². The summed E-state index contributed by atoms with van der Waals surface area (Å²) in [6.45, 7) is 1.25. The quantitative estimate of drug-likeness (QED) is 0.881. The van der Waals surface area contributed by atoms with E-state index in [2.05, 4.69) is 4.98 Å². The Balaban J connectivity index is 1.80. The van der Waals surface area contributed by atoms with Gasteiger partial charge in [0.15, 0.2) is 5.79 Å². The molecule has 0 atom stereocenters. The zero-order valence-corrected chi connectivity index (χ0v) is 12.0. The second-order valence-corrected chi connectivity index (χ2v) is 5.75. The highest BCUT2D eigenvalue weighted by atomic mass is 19.1. The summed E-state index contributed by atoms with van der Waals surface area (Å²) in [6, 6.07) is 6.39. The fourth-order valence-electron chi connectivity index (χ4n) is 3.32. The number of rotatable bonds is 1. The van der Waals surface area contributed by atoms with Gasteiger partial charge < -0.3 is 14.5 Å². The van der Waals surface area contributed by atoms with E-state index < -0.39 is 11.6 Å². The molecule has 2 heterocycles. The van der Waals surface area contributed by atoms with Gasteiger partial charge in [0, 0.05) is 24.3 Å². The number of pyridine rings is 1. The Labute approximate surface area is 126 Å². The van der Waals surface area contributed by atoms with Crippen molar-refractivity contribution in [2.24, 2.45) is 0 Å². The molecule has 1 aromatic carbocycles. The molecule has 1 spiro atoms. The van der Waals surface area contributed by atoms with Crippen molar-refractivity contribution in [3.05, 3.63) is 52.1 Å². The lowest BCUT2D eigenvalue weighted by Gasteiger charge is -2.30. The van der Waals surface area contributed by atoms with Crippen LogP contribution >= 0.6 is 0 Å². The van der Waals surface area contributed by atoms with Gasteiger partial charge in [0.25, 0.3) is 0 Å². The number of H-pyrrole nitrogens is 1. The van der Waals surface area contributed by atoms with Crippen LogP contribution in [0.5, 0.6) is 0 Å². The summed E-state index contributed by atoms with van der Waals surface area (Å²) in [5.41, 5.74) is 1.82. The Morgan fingerprint density at radius 3 is 2.77 bits per heavy atom. The maximum Gasteiger partial charge on any atom is 0.249 e. The summed E-state index contributed by atoms with van der Waals surface area (Å²) in [7, 11) is 0. The van der Waals surface area contributed by atoms with Crippen LogP contribution in [0.3, 0.4) is 0 Å². The molecule has 114 valence electrons. The van der Waals surface area contributed by atoms with Crippen molar-refractivity contribution in [1.29, 1.82) is 0 Å². The summed E-state index contributed by atoms with van der Waals surface area (Å²) >= 11 is 0. The molecule has 2 aliphatic rings. The summed E-state index contributed by atoms with van der Waals surface area (Å²) in [4.78, 5) is 14.4. The lowest BCUT2D eigenvalue weighted by molar-refractivity contribution is -0.159. The van der Waals surface area contributed by atoms with E-state index in [4.69, 9.17) is 9.47 Å². The summed E-state index contributed by atoms with van der Waals surface area (Å²) in [6.07, 6.45) is 4.21. The number of aromatic nitrogens is 1. The minimum atomic E-state index is -0.494. The number of ether oxygens (including phenoxy) is 2. The van der Waals surface area contributed by atoms with Gasteiger partial charge in [0.1, 0.15) is 5.82 Å². The van der Waals surface area contributed by atoms with E-state index in [1.165, 1.54) is 6.07 Å². The van der Waals surface area contributed by atoms with Gasteiger partial charge >= 0.3 is 0 Å². The zero-order valence-electron chi connectivity index (χ0n) is 12.0. The van der Waals surface area contributed by atoms with Gasteiger partial charge in [-0.1, -0.05) is 18.2 Å². The Hall–Kier alpha value is -1.98. The van der Waals surface area contributed by atoms with Crippen LogP contribution in [0.4, 0.5) is 4.39 Å². The number of para-hydroxylation sites is 1. The van der Waals surface area contributed by atoms with Crippen LogP contribution in [0.2, 0.25) is 0 Å². The molecule has 4 nitrogen and oxygen atoms in total. The number of nitrogens with one attached hydrogen (secondary N) is 1. The molecule has 1 N–H and O–H groups in total. The highest BCUT2D eigenvalue weighted by Crippen LogP contribution is 2.39. The normalized spacial score (nSPS) is 20.5. The molecular weight excluding hydrogens is 285 g/mol. The minimum Gasteiger partial charge on any atom is -0.347 e. The molecule has 1 fully saturated rings. The zero-order chi connectivity index (χ0) is 15.2. The number of aromatic amines is 1. The Morgan fingerprint density at radius 2 is 2.05 bits per heavy atom. The second-order valence-electron chi connectivity index (χ2n) is 5.75. The molecule has 0 unspecified atom stereocenters. The van der Waals surface area contributed by atoms with Gasteiger partial charge in [-0.15, -0.1) is 0 Å². The fraction of sp³-hybridized carbons (Fsp3) is 0.353. The molecule has 1 aliphatic carbocycles. The number of benzene rings is 1. The number of hydrogen-bond acceptors (Lipinski definition) is 3. The van der Waals surface area contributed by atoms with Crippen molar-refractivity contribution < 1.29 is 13.9 Å². The monoisotopic (exact) mass is 301 g/mol. The van der Waals surface area contributed by atoms with Crippen LogP contribution in [0.25, 0.3) is 16.5 Å². The lowest BCUT2D eigenvalue weighted by Crippen LogP contribution is -2.31. The largest absolute Gasteiger partial charge is 0.347 e. The molecule has 0 amide bonds. The fourth-order valence-corrected chi connectivity index (χ4v) is 3.32. The van der Waals surface area contributed by atoms with Crippen LogP contribution in [-0.4, -0.2) is 24.0 Å². The first kappa shape index (κ1) is 13.7. The van der Waals surface area contributed by atoms with Gasteiger partial charge in [-0.2, -0.15) is 0 Å². The van der Waals surface area contributed by atoms with Gasteiger partial charge in [-0.25, -0.2) is 4.39 Å². The lowest BCUT2D eigenvalue weighted by atomic mass is 9.88. The SMILES string of the molecule is O=c1cc(C2=CCC3(CC2)OCCO3)c2cccc(F)c2[nH]1. The van der Waals surface area contributed by atoms with Crippen molar-refractivity contribution in [3.63, 3.8) is 0 Å². The van der Waals surface area contributed by atoms with E-state index in [0.29, 0.717) is 19.6 Å². The molecule has 4 rings (SSSR count). The minimum absolute atomic E-state index is 0.263. The molecule has 1 aliphatic heterocycles. The predicted molar refractivity (Wildman–Crippen MR) is 81.0 cm³/mol. The first-order valence-electron chi connectivity index (χ1n) is 7.46. The average molecular weight is 301 g/mol. The summed E-state index contributed by atoms with van der Waals surface area (Å²) in [5.74, 6) is -0.905. The van der Waals surface area contributed by atoms with Crippen LogP contribution in [0.15, 0.2) is 35.1 Å². The molecule has 0 saturated carbocycles. The van der Waals surface area contributed by atoms with Crippen LogP contribution in [0, 0.1) is 5.82 Å². The smallest absolute Gasteiger partial charge is 0.249 e. The highest BCUT2D eigenvalue weighted by molar-refractivity contribution is 5.91. The third-order valence-electron chi connectivity index (χ3n) is 4.42. The Morgan fingerprint density at radius 1 is 1.23 bits per heavy atom. The molecule has 0 radical (unpaired) electrons.